The molecule has 0 saturated carbocycles. The van der Waals surface area contributed by atoms with Crippen molar-refractivity contribution in [3.05, 3.63) is 66.1 Å². The van der Waals surface area contributed by atoms with Crippen molar-refractivity contribution in [1.82, 2.24) is 14.4 Å². The Morgan fingerprint density at radius 1 is 1.22 bits per heavy atom. The van der Waals surface area contributed by atoms with Crippen molar-refractivity contribution in [2.75, 3.05) is 37.5 Å². The molecule has 2 aromatic carbocycles. The molecule has 0 radical (unpaired) electrons. The first kappa shape index (κ1) is 20.0. The zero-order chi connectivity index (χ0) is 22.1. The molecule has 0 bridgehead atoms. The number of likely N-dealkylation sites (N-methyl/N-ethyl adjacent to an activating group) is 1. The Balaban J connectivity index is 1.51. The zero-order valence-corrected chi connectivity index (χ0v) is 18.0. The van der Waals surface area contributed by atoms with E-state index in [1.165, 1.54) is 5.56 Å². The van der Waals surface area contributed by atoms with Crippen molar-refractivity contribution in [2.24, 2.45) is 4.99 Å². The van der Waals surface area contributed by atoms with Gasteiger partial charge in [-0.2, -0.15) is 0 Å². The number of aliphatic hydroxyl groups is 1. The molecule has 162 valence electrons. The van der Waals surface area contributed by atoms with Crippen LogP contribution in [0.4, 0.5) is 17.2 Å². The number of benzene rings is 2. The lowest BCUT2D eigenvalue weighted by Crippen LogP contribution is -2.21. The van der Waals surface area contributed by atoms with Crippen LogP contribution in [0.3, 0.4) is 0 Å². The third-order valence-electron chi connectivity index (χ3n) is 5.59. The molecule has 2 aromatic heterocycles. The standard InChI is InChI=1S/C24H24N6O2/c1-29(9-10-31)21-6-5-19(12-22(21)32-2)27-23-24-26-7-8-30(24)15-20(28-23)16-3-4-17-13-25-14-18(17)11-16/h3-8,11-13,15,31H,9-10,14H2,1-2H3,(H,27,28). The monoisotopic (exact) mass is 428 g/mol. The number of aromatic nitrogens is 3. The van der Waals surface area contributed by atoms with Crippen LogP contribution in [-0.2, 0) is 6.54 Å². The van der Waals surface area contributed by atoms with Crippen LogP contribution in [0.25, 0.3) is 16.9 Å². The lowest BCUT2D eigenvalue weighted by Gasteiger charge is -2.21. The normalized spacial score (nSPS) is 12.2. The highest BCUT2D eigenvalue weighted by Crippen LogP contribution is 2.33. The van der Waals surface area contributed by atoms with E-state index in [-0.39, 0.29) is 6.61 Å². The molecule has 0 atom stereocenters. The summed E-state index contributed by atoms with van der Waals surface area (Å²) in [5, 5.41) is 12.6. The van der Waals surface area contributed by atoms with E-state index in [1.807, 2.05) is 53.2 Å². The third kappa shape index (κ3) is 3.65. The molecule has 0 amide bonds. The number of methoxy groups -OCH3 is 1. The molecule has 0 aliphatic carbocycles. The van der Waals surface area contributed by atoms with Crippen LogP contribution >= 0.6 is 0 Å². The fourth-order valence-corrected chi connectivity index (χ4v) is 3.90. The molecular weight excluding hydrogens is 404 g/mol. The second-order valence-electron chi connectivity index (χ2n) is 7.67. The van der Waals surface area contributed by atoms with E-state index in [1.54, 1.807) is 13.3 Å². The van der Waals surface area contributed by atoms with E-state index in [0.29, 0.717) is 24.7 Å². The van der Waals surface area contributed by atoms with Crippen molar-refractivity contribution >= 4 is 29.1 Å². The molecule has 1 aliphatic heterocycles. The van der Waals surface area contributed by atoms with Crippen LogP contribution in [-0.4, -0.2) is 53.0 Å². The van der Waals surface area contributed by atoms with Crippen molar-refractivity contribution in [2.45, 2.75) is 6.54 Å². The summed E-state index contributed by atoms with van der Waals surface area (Å²) in [5.41, 5.74) is 6.72. The molecule has 1 aliphatic rings. The quantitative estimate of drug-likeness (QED) is 0.468. The molecule has 5 rings (SSSR count). The fraction of sp³-hybridized carbons (Fsp3) is 0.208. The Labute approximate surface area is 185 Å². The molecule has 4 aromatic rings. The summed E-state index contributed by atoms with van der Waals surface area (Å²) in [6.07, 6.45) is 7.57. The van der Waals surface area contributed by atoms with E-state index in [0.717, 1.165) is 33.8 Å². The van der Waals surface area contributed by atoms with Crippen molar-refractivity contribution in [3.63, 3.8) is 0 Å². The summed E-state index contributed by atoms with van der Waals surface area (Å²) in [5.74, 6) is 1.36. The number of nitrogens with zero attached hydrogens (tertiary/aromatic N) is 5. The molecule has 0 unspecified atom stereocenters. The van der Waals surface area contributed by atoms with E-state index in [2.05, 4.69) is 33.5 Å². The van der Waals surface area contributed by atoms with Gasteiger partial charge in [-0.05, 0) is 29.3 Å². The molecule has 8 heteroatoms. The minimum absolute atomic E-state index is 0.0725. The van der Waals surface area contributed by atoms with Crippen LogP contribution in [0.5, 0.6) is 5.75 Å². The number of nitrogens with one attached hydrogen (secondary N) is 1. The number of fused-ring (bicyclic) bond motifs is 2. The molecule has 0 fully saturated rings. The first-order valence-electron chi connectivity index (χ1n) is 10.4. The van der Waals surface area contributed by atoms with Crippen LogP contribution in [0, 0.1) is 0 Å². The minimum Gasteiger partial charge on any atom is -0.495 e. The van der Waals surface area contributed by atoms with E-state index >= 15 is 0 Å². The molecule has 0 saturated heterocycles. The number of rotatable bonds is 7. The maximum absolute atomic E-state index is 9.24. The van der Waals surface area contributed by atoms with E-state index < -0.39 is 0 Å². The highest BCUT2D eigenvalue weighted by atomic mass is 16.5. The summed E-state index contributed by atoms with van der Waals surface area (Å²) in [6, 6.07) is 12.1. The molecule has 0 spiro atoms. The predicted octanol–water partition coefficient (Wildman–Crippen LogP) is 3.51. The predicted molar refractivity (Wildman–Crippen MR) is 126 cm³/mol. The van der Waals surface area contributed by atoms with Crippen molar-refractivity contribution < 1.29 is 9.84 Å². The first-order valence-corrected chi connectivity index (χ1v) is 10.4. The van der Waals surface area contributed by atoms with Gasteiger partial charge >= 0.3 is 0 Å². The lowest BCUT2D eigenvalue weighted by atomic mass is 10.0. The summed E-state index contributed by atoms with van der Waals surface area (Å²) < 4.78 is 7.55. The maximum Gasteiger partial charge on any atom is 0.180 e. The van der Waals surface area contributed by atoms with Gasteiger partial charge in [-0.1, -0.05) is 12.1 Å². The number of anilines is 3. The highest BCUT2D eigenvalue weighted by Gasteiger charge is 2.14. The zero-order valence-electron chi connectivity index (χ0n) is 18.0. The summed E-state index contributed by atoms with van der Waals surface area (Å²) in [7, 11) is 3.56. The molecule has 8 nitrogen and oxygen atoms in total. The van der Waals surface area contributed by atoms with E-state index in [4.69, 9.17) is 9.72 Å². The fourth-order valence-electron chi connectivity index (χ4n) is 3.90. The Hall–Kier alpha value is -3.91. The summed E-state index contributed by atoms with van der Waals surface area (Å²) in [6.45, 7) is 1.30. The molecular formula is C24H24N6O2. The number of imidazole rings is 1. The number of aliphatic imine (C=N–C) groups is 1. The summed E-state index contributed by atoms with van der Waals surface area (Å²) >= 11 is 0. The van der Waals surface area contributed by atoms with Crippen molar-refractivity contribution in [1.29, 1.82) is 0 Å². The SMILES string of the molecule is COc1cc(Nc2nc(-c3ccc4c(c3)CN=C4)cn3ccnc23)ccc1N(C)CCO. The Kier molecular flexibility index (Phi) is 5.20. The minimum atomic E-state index is 0.0725. The second kappa shape index (κ2) is 8.32. The van der Waals surface area contributed by atoms with Gasteiger partial charge in [0, 0.05) is 55.7 Å². The smallest absolute Gasteiger partial charge is 0.180 e. The molecule has 32 heavy (non-hydrogen) atoms. The van der Waals surface area contributed by atoms with Gasteiger partial charge in [0.1, 0.15) is 5.75 Å². The van der Waals surface area contributed by atoms with Gasteiger partial charge in [-0.15, -0.1) is 0 Å². The van der Waals surface area contributed by atoms with Gasteiger partial charge in [-0.25, -0.2) is 9.97 Å². The average molecular weight is 428 g/mol. The van der Waals surface area contributed by atoms with Crippen LogP contribution < -0.4 is 15.0 Å². The van der Waals surface area contributed by atoms with Crippen molar-refractivity contribution in [3.8, 4) is 17.0 Å². The van der Waals surface area contributed by atoms with Gasteiger partial charge < -0.3 is 24.5 Å². The number of aliphatic hydroxyl groups excluding tert-OH is 1. The van der Waals surface area contributed by atoms with Crippen LogP contribution in [0.2, 0.25) is 0 Å². The topological polar surface area (TPSA) is 87.3 Å². The first-order chi connectivity index (χ1) is 15.7. The van der Waals surface area contributed by atoms with Gasteiger partial charge in [0.2, 0.25) is 0 Å². The van der Waals surface area contributed by atoms with Gasteiger partial charge in [0.05, 0.1) is 31.6 Å². The Bertz CT molecular complexity index is 1310. The van der Waals surface area contributed by atoms with E-state index in [9.17, 15) is 5.11 Å². The van der Waals surface area contributed by atoms with Crippen LogP contribution in [0.1, 0.15) is 11.1 Å². The summed E-state index contributed by atoms with van der Waals surface area (Å²) in [4.78, 5) is 15.7. The molecule has 2 N–H and O–H groups in total. The highest BCUT2D eigenvalue weighted by molar-refractivity contribution is 5.86. The Morgan fingerprint density at radius 2 is 2.12 bits per heavy atom. The second-order valence-corrected chi connectivity index (χ2v) is 7.67. The third-order valence-corrected chi connectivity index (χ3v) is 5.59. The largest absolute Gasteiger partial charge is 0.495 e. The maximum atomic E-state index is 9.24. The number of ether oxygens (including phenoxy) is 1. The number of hydrogen-bond acceptors (Lipinski definition) is 7. The van der Waals surface area contributed by atoms with Gasteiger partial charge in [-0.3, -0.25) is 4.99 Å². The average Bonchev–Trinajstić information content (AvgIpc) is 3.48. The Morgan fingerprint density at radius 3 is 2.97 bits per heavy atom. The van der Waals surface area contributed by atoms with Crippen LogP contribution in [0.15, 0.2) is 60.0 Å². The van der Waals surface area contributed by atoms with Gasteiger partial charge in [0.15, 0.2) is 11.5 Å². The van der Waals surface area contributed by atoms with Gasteiger partial charge in [0.25, 0.3) is 0 Å². The molecule has 3 heterocycles. The lowest BCUT2D eigenvalue weighted by molar-refractivity contribution is 0.303. The number of hydrogen-bond donors (Lipinski definition) is 2.